The Balaban J connectivity index is 1.71. The smallest absolute Gasteiger partial charge is 0.293 e. The Morgan fingerprint density at radius 1 is 1.22 bits per heavy atom. The molecule has 2 aliphatic rings. The summed E-state index contributed by atoms with van der Waals surface area (Å²) in [5.41, 5.74) is 0.780. The van der Waals surface area contributed by atoms with Crippen molar-refractivity contribution in [1.82, 2.24) is 25.0 Å². The van der Waals surface area contributed by atoms with E-state index >= 15 is 0 Å². The number of hydrogen-bond donors (Lipinski definition) is 1. The average molecular weight is 332 g/mol. The topological polar surface area (TPSA) is 63.1 Å². The van der Waals surface area contributed by atoms with Gasteiger partial charge in [-0.3, -0.25) is 4.79 Å². The molecule has 6 nitrogen and oxygen atoms in total. The van der Waals surface area contributed by atoms with Gasteiger partial charge in [-0.05, 0) is 25.0 Å². The quantitative estimate of drug-likeness (QED) is 0.932. The molecule has 7 heteroatoms. The van der Waals surface area contributed by atoms with E-state index in [0.717, 1.165) is 37.4 Å². The maximum Gasteiger partial charge on any atom is 0.293 e. The summed E-state index contributed by atoms with van der Waals surface area (Å²) >= 11 is 6.30. The molecule has 4 rings (SSSR count). The highest BCUT2D eigenvalue weighted by Gasteiger charge is 2.33. The molecule has 1 aliphatic heterocycles. The molecule has 2 aromatic rings. The van der Waals surface area contributed by atoms with Crippen LogP contribution in [-0.2, 0) is 0 Å². The lowest BCUT2D eigenvalue weighted by atomic mass is 10.3. The van der Waals surface area contributed by atoms with Crippen molar-refractivity contribution < 1.29 is 4.79 Å². The summed E-state index contributed by atoms with van der Waals surface area (Å²) in [4.78, 5) is 19.0. The van der Waals surface area contributed by atoms with E-state index in [0.29, 0.717) is 24.0 Å². The minimum absolute atomic E-state index is 0.0980. The molecule has 2 heterocycles. The highest BCUT2D eigenvalue weighted by atomic mass is 35.5. The van der Waals surface area contributed by atoms with E-state index in [1.807, 2.05) is 24.3 Å². The van der Waals surface area contributed by atoms with Crippen LogP contribution in [0.3, 0.4) is 0 Å². The lowest BCUT2D eigenvalue weighted by molar-refractivity contribution is 0.0723. The number of hydrogen-bond acceptors (Lipinski definition) is 4. The third-order valence-electron chi connectivity index (χ3n) is 4.25. The molecule has 2 fully saturated rings. The summed E-state index contributed by atoms with van der Waals surface area (Å²) in [7, 11) is 0. The molecule has 0 radical (unpaired) electrons. The first kappa shape index (κ1) is 14.7. The van der Waals surface area contributed by atoms with Gasteiger partial charge in [0.2, 0.25) is 5.82 Å². The molecule has 1 aromatic carbocycles. The summed E-state index contributed by atoms with van der Waals surface area (Å²) in [5, 5.41) is 8.34. The summed E-state index contributed by atoms with van der Waals surface area (Å²) in [6.45, 7) is 3.01. The van der Waals surface area contributed by atoms with Gasteiger partial charge >= 0.3 is 0 Å². The maximum atomic E-state index is 12.7. The van der Waals surface area contributed by atoms with Crippen LogP contribution in [0, 0.1) is 0 Å². The molecule has 0 spiro atoms. The van der Waals surface area contributed by atoms with Crippen molar-refractivity contribution in [3.05, 3.63) is 40.9 Å². The van der Waals surface area contributed by atoms with Crippen LogP contribution in [-0.4, -0.2) is 51.8 Å². The SMILES string of the molecule is O=C(c1nc(C2CC2)n(-c2ccccc2Cl)n1)N1CCNCC1. The Labute approximate surface area is 139 Å². The molecule has 1 amide bonds. The molecule has 120 valence electrons. The van der Waals surface area contributed by atoms with Gasteiger partial charge in [0.15, 0.2) is 0 Å². The number of piperazine rings is 1. The average Bonchev–Trinajstić information content (AvgIpc) is 3.34. The van der Waals surface area contributed by atoms with Crippen molar-refractivity contribution in [2.75, 3.05) is 26.2 Å². The Hall–Kier alpha value is -1.92. The third-order valence-corrected chi connectivity index (χ3v) is 4.57. The Bertz CT molecular complexity index is 734. The second-order valence-corrected chi connectivity index (χ2v) is 6.38. The van der Waals surface area contributed by atoms with Gasteiger partial charge in [0.25, 0.3) is 5.91 Å². The number of rotatable bonds is 3. The number of halogens is 1. The molecule has 23 heavy (non-hydrogen) atoms. The number of aromatic nitrogens is 3. The summed E-state index contributed by atoms with van der Waals surface area (Å²) in [6, 6.07) is 7.53. The number of para-hydroxylation sites is 1. The second kappa shape index (κ2) is 5.94. The van der Waals surface area contributed by atoms with E-state index in [-0.39, 0.29) is 11.7 Å². The zero-order valence-corrected chi connectivity index (χ0v) is 13.5. The third kappa shape index (κ3) is 2.84. The van der Waals surface area contributed by atoms with Gasteiger partial charge in [0.05, 0.1) is 10.7 Å². The number of carbonyl (C=O) groups is 1. The summed E-state index contributed by atoms with van der Waals surface area (Å²) in [6.07, 6.45) is 2.18. The fourth-order valence-electron chi connectivity index (χ4n) is 2.83. The van der Waals surface area contributed by atoms with Crippen molar-refractivity contribution in [3.8, 4) is 5.69 Å². The Morgan fingerprint density at radius 2 is 1.96 bits per heavy atom. The number of nitrogens with one attached hydrogen (secondary N) is 1. The van der Waals surface area contributed by atoms with Gasteiger partial charge in [-0.25, -0.2) is 9.67 Å². The Morgan fingerprint density at radius 3 is 2.65 bits per heavy atom. The normalized spacial score (nSPS) is 18.2. The Kier molecular flexibility index (Phi) is 3.79. The van der Waals surface area contributed by atoms with Crippen molar-refractivity contribution >= 4 is 17.5 Å². The molecular formula is C16H18ClN5O. The highest BCUT2D eigenvalue weighted by molar-refractivity contribution is 6.32. The van der Waals surface area contributed by atoms with Crippen molar-refractivity contribution in [3.63, 3.8) is 0 Å². The first-order valence-electron chi connectivity index (χ1n) is 7.96. The molecule has 0 atom stereocenters. The fraction of sp³-hybridized carbons (Fsp3) is 0.438. The molecule has 0 bridgehead atoms. The van der Waals surface area contributed by atoms with Gasteiger partial charge in [-0.2, -0.15) is 0 Å². The lowest BCUT2D eigenvalue weighted by Crippen LogP contribution is -2.46. The molecule has 1 aromatic heterocycles. The van der Waals surface area contributed by atoms with Gasteiger partial charge in [-0.1, -0.05) is 23.7 Å². The predicted octanol–water partition coefficient (Wildman–Crippen LogP) is 1.84. The lowest BCUT2D eigenvalue weighted by Gasteiger charge is -2.26. The van der Waals surface area contributed by atoms with Gasteiger partial charge in [-0.15, -0.1) is 5.10 Å². The van der Waals surface area contributed by atoms with Crippen LogP contribution in [0.15, 0.2) is 24.3 Å². The first-order chi connectivity index (χ1) is 11.2. The first-order valence-corrected chi connectivity index (χ1v) is 8.33. The van der Waals surface area contributed by atoms with Gasteiger partial charge in [0.1, 0.15) is 5.82 Å². The predicted molar refractivity (Wildman–Crippen MR) is 87.1 cm³/mol. The van der Waals surface area contributed by atoms with Crippen molar-refractivity contribution in [2.24, 2.45) is 0 Å². The van der Waals surface area contributed by atoms with Crippen LogP contribution < -0.4 is 5.32 Å². The number of carbonyl (C=O) groups excluding carboxylic acids is 1. The van der Waals surface area contributed by atoms with Crippen molar-refractivity contribution in [2.45, 2.75) is 18.8 Å². The number of amides is 1. The van der Waals surface area contributed by atoms with Crippen LogP contribution in [0.1, 0.15) is 35.2 Å². The van der Waals surface area contributed by atoms with E-state index < -0.39 is 0 Å². The van der Waals surface area contributed by atoms with E-state index in [2.05, 4.69) is 15.4 Å². The van der Waals surface area contributed by atoms with Crippen LogP contribution in [0.25, 0.3) is 5.69 Å². The summed E-state index contributed by atoms with van der Waals surface area (Å²) in [5.74, 6) is 1.40. The van der Waals surface area contributed by atoms with Crippen molar-refractivity contribution in [1.29, 1.82) is 0 Å². The molecule has 1 saturated carbocycles. The number of nitrogens with zero attached hydrogens (tertiary/aromatic N) is 4. The molecule has 0 unspecified atom stereocenters. The van der Waals surface area contributed by atoms with Crippen LogP contribution >= 0.6 is 11.6 Å². The number of benzene rings is 1. The zero-order chi connectivity index (χ0) is 15.8. The molecular weight excluding hydrogens is 314 g/mol. The van der Waals surface area contributed by atoms with E-state index in [1.165, 1.54) is 0 Å². The van der Waals surface area contributed by atoms with Gasteiger partial charge in [0, 0.05) is 32.1 Å². The second-order valence-electron chi connectivity index (χ2n) is 5.97. The molecule has 1 saturated heterocycles. The standard InChI is InChI=1S/C16H18ClN5O/c17-12-3-1-2-4-13(12)22-15(11-5-6-11)19-14(20-22)16(23)21-9-7-18-8-10-21/h1-4,11,18H,5-10H2. The monoisotopic (exact) mass is 331 g/mol. The minimum atomic E-state index is -0.0980. The maximum absolute atomic E-state index is 12.7. The van der Waals surface area contributed by atoms with E-state index in [1.54, 1.807) is 9.58 Å². The van der Waals surface area contributed by atoms with Crippen LogP contribution in [0.4, 0.5) is 0 Å². The largest absolute Gasteiger partial charge is 0.333 e. The summed E-state index contributed by atoms with van der Waals surface area (Å²) < 4.78 is 1.75. The minimum Gasteiger partial charge on any atom is -0.333 e. The highest BCUT2D eigenvalue weighted by Crippen LogP contribution is 2.40. The van der Waals surface area contributed by atoms with Gasteiger partial charge < -0.3 is 10.2 Å². The van der Waals surface area contributed by atoms with E-state index in [9.17, 15) is 4.79 Å². The molecule has 1 aliphatic carbocycles. The van der Waals surface area contributed by atoms with Crippen LogP contribution in [0.5, 0.6) is 0 Å². The zero-order valence-electron chi connectivity index (χ0n) is 12.7. The van der Waals surface area contributed by atoms with E-state index in [4.69, 9.17) is 11.6 Å². The fourth-order valence-corrected chi connectivity index (χ4v) is 3.05. The molecule has 1 N–H and O–H groups in total. The van der Waals surface area contributed by atoms with Crippen LogP contribution in [0.2, 0.25) is 5.02 Å².